The zero-order valence-corrected chi connectivity index (χ0v) is 14.8. The van der Waals surface area contributed by atoms with Gasteiger partial charge in [0.25, 0.3) is 0 Å². The summed E-state index contributed by atoms with van der Waals surface area (Å²) < 4.78 is 6.96. The molecule has 1 aromatic carbocycles. The van der Waals surface area contributed by atoms with E-state index in [4.69, 9.17) is 4.74 Å². The van der Waals surface area contributed by atoms with Crippen molar-refractivity contribution in [1.82, 2.24) is 5.32 Å². The van der Waals surface area contributed by atoms with E-state index in [1.54, 1.807) is 0 Å². The van der Waals surface area contributed by atoms with Crippen LogP contribution in [0, 0.1) is 0 Å². The molecule has 0 saturated heterocycles. The van der Waals surface area contributed by atoms with Crippen LogP contribution in [0.15, 0.2) is 22.7 Å². The number of halogens is 1. The topological polar surface area (TPSA) is 21.3 Å². The van der Waals surface area contributed by atoms with E-state index in [0.29, 0.717) is 6.04 Å². The lowest BCUT2D eigenvalue weighted by atomic mass is 10.0. The van der Waals surface area contributed by atoms with Gasteiger partial charge in [-0.25, -0.2) is 0 Å². The van der Waals surface area contributed by atoms with Crippen molar-refractivity contribution in [2.24, 2.45) is 0 Å². The summed E-state index contributed by atoms with van der Waals surface area (Å²) in [6.45, 7) is 4.22. The van der Waals surface area contributed by atoms with Crippen LogP contribution in [0.4, 0.5) is 0 Å². The zero-order valence-electron chi connectivity index (χ0n) is 13.2. The molecule has 118 valence electrons. The molecule has 1 aliphatic heterocycles. The van der Waals surface area contributed by atoms with Crippen LogP contribution in [0.3, 0.4) is 0 Å². The Morgan fingerprint density at radius 1 is 1.19 bits per heavy atom. The van der Waals surface area contributed by atoms with E-state index >= 15 is 0 Å². The molecule has 0 bridgehead atoms. The first kappa shape index (κ1) is 16.8. The first-order chi connectivity index (χ1) is 10.3. The molecule has 2 nitrogen and oxygen atoms in total. The molecule has 0 aliphatic carbocycles. The van der Waals surface area contributed by atoms with Gasteiger partial charge < -0.3 is 10.1 Å². The van der Waals surface area contributed by atoms with Gasteiger partial charge in [0.1, 0.15) is 5.75 Å². The number of unbranched alkanes of at least 4 members (excludes halogenated alkanes) is 5. The average Bonchev–Trinajstić information content (AvgIpc) is 2.68. The van der Waals surface area contributed by atoms with Crippen molar-refractivity contribution >= 4 is 15.9 Å². The van der Waals surface area contributed by atoms with Gasteiger partial charge in [-0.1, -0.05) is 61.0 Å². The van der Waals surface area contributed by atoms with Crippen molar-refractivity contribution in [2.45, 2.75) is 64.3 Å². The van der Waals surface area contributed by atoms with E-state index < -0.39 is 0 Å². The molecule has 2 rings (SSSR count). The quantitative estimate of drug-likeness (QED) is 0.613. The van der Waals surface area contributed by atoms with Crippen LogP contribution in [0.2, 0.25) is 0 Å². The van der Waals surface area contributed by atoms with Crippen LogP contribution in [0.25, 0.3) is 0 Å². The number of benzene rings is 1. The Morgan fingerprint density at radius 3 is 2.86 bits per heavy atom. The Kier molecular flexibility index (Phi) is 7.59. The first-order valence-corrected chi connectivity index (χ1v) is 9.26. The molecule has 0 aromatic heterocycles. The second kappa shape index (κ2) is 9.47. The van der Waals surface area contributed by atoms with Crippen molar-refractivity contribution in [3.05, 3.63) is 28.2 Å². The highest BCUT2D eigenvalue weighted by molar-refractivity contribution is 9.10. The van der Waals surface area contributed by atoms with E-state index in [2.05, 4.69) is 46.4 Å². The smallest absolute Gasteiger partial charge is 0.125 e. The predicted octanol–water partition coefficient (Wildman–Crippen LogP) is 5.61. The molecule has 0 radical (unpaired) electrons. The van der Waals surface area contributed by atoms with Gasteiger partial charge in [-0.15, -0.1) is 0 Å². The minimum Gasteiger partial charge on any atom is -0.493 e. The molecule has 0 spiro atoms. The fourth-order valence-electron chi connectivity index (χ4n) is 2.94. The molecule has 1 aliphatic rings. The minimum atomic E-state index is 0.450. The summed E-state index contributed by atoms with van der Waals surface area (Å²) in [5.41, 5.74) is 1.32. The number of ether oxygens (including phenoxy) is 1. The zero-order chi connectivity index (χ0) is 14.9. The Morgan fingerprint density at radius 2 is 2.00 bits per heavy atom. The monoisotopic (exact) mass is 353 g/mol. The second-order valence-electron chi connectivity index (χ2n) is 5.95. The Balaban J connectivity index is 1.78. The van der Waals surface area contributed by atoms with E-state index in [-0.39, 0.29) is 0 Å². The van der Waals surface area contributed by atoms with Gasteiger partial charge in [-0.2, -0.15) is 0 Å². The van der Waals surface area contributed by atoms with E-state index in [1.165, 1.54) is 50.5 Å². The van der Waals surface area contributed by atoms with E-state index in [1.807, 2.05) is 0 Å². The molecule has 0 fully saturated rings. The standard InChI is InChI=1S/C18H28BrNO/c1-2-3-4-5-6-7-12-20-17-9-8-13-21-18-14-15(19)10-11-16(17)18/h10-11,14,17,20H,2-9,12-13H2,1H3. The van der Waals surface area contributed by atoms with Crippen LogP contribution in [0.5, 0.6) is 5.75 Å². The number of hydrogen-bond acceptors (Lipinski definition) is 2. The summed E-state index contributed by atoms with van der Waals surface area (Å²) in [5, 5.41) is 3.73. The third-order valence-electron chi connectivity index (χ3n) is 4.17. The summed E-state index contributed by atoms with van der Waals surface area (Å²) in [6, 6.07) is 6.86. The highest BCUT2D eigenvalue weighted by atomic mass is 79.9. The minimum absolute atomic E-state index is 0.450. The first-order valence-electron chi connectivity index (χ1n) is 8.47. The molecule has 0 saturated carbocycles. The van der Waals surface area contributed by atoms with Gasteiger partial charge in [0.05, 0.1) is 6.61 Å². The maximum absolute atomic E-state index is 5.86. The lowest BCUT2D eigenvalue weighted by Crippen LogP contribution is -2.22. The fourth-order valence-corrected chi connectivity index (χ4v) is 3.28. The Bertz CT molecular complexity index is 422. The van der Waals surface area contributed by atoms with Crippen LogP contribution in [-0.4, -0.2) is 13.2 Å². The number of hydrogen-bond donors (Lipinski definition) is 1. The maximum atomic E-state index is 5.86. The normalized spacial score (nSPS) is 17.9. The molecule has 0 amide bonds. The Labute approximate surface area is 137 Å². The van der Waals surface area contributed by atoms with Crippen LogP contribution in [0.1, 0.15) is 69.9 Å². The Hall–Kier alpha value is -0.540. The van der Waals surface area contributed by atoms with Gasteiger partial charge in [-0.05, 0) is 37.9 Å². The summed E-state index contributed by atoms with van der Waals surface area (Å²) >= 11 is 3.53. The lowest BCUT2D eigenvalue weighted by Gasteiger charge is -2.18. The van der Waals surface area contributed by atoms with Crippen LogP contribution < -0.4 is 10.1 Å². The largest absolute Gasteiger partial charge is 0.493 e. The highest BCUT2D eigenvalue weighted by Crippen LogP contribution is 2.33. The van der Waals surface area contributed by atoms with Crippen LogP contribution in [-0.2, 0) is 0 Å². The van der Waals surface area contributed by atoms with Crippen molar-refractivity contribution in [3.63, 3.8) is 0 Å². The molecule has 1 unspecified atom stereocenters. The van der Waals surface area contributed by atoms with Gasteiger partial charge in [-0.3, -0.25) is 0 Å². The fraction of sp³-hybridized carbons (Fsp3) is 0.667. The predicted molar refractivity (Wildman–Crippen MR) is 93.0 cm³/mol. The average molecular weight is 354 g/mol. The highest BCUT2D eigenvalue weighted by Gasteiger charge is 2.19. The molecule has 21 heavy (non-hydrogen) atoms. The van der Waals surface area contributed by atoms with Gasteiger partial charge in [0.2, 0.25) is 0 Å². The summed E-state index contributed by atoms with van der Waals surface area (Å²) in [7, 11) is 0. The maximum Gasteiger partial charge on any atom is 0.125 e. The second-order valence-corrected chi connectivity index (χ2v) is 6.86. The number of fused-ring (bicyclic) bond motifs is 1. The summed E-state index contributed by atoms with van der Waals surface area (Å²) in [6.07, 6.45) is 10.4. The lowest BCUT2D eigenvalue weighted by molar-refractivity contribution is 0.315. The molecule has 3 heteroatoms. The van der Waals surface area contributed by atoms with Crippen molar-refractivity contribution in [1.29, 1.82) is 0 Å². The third-order valence-corrected chi connectivity index (χ3v) is 4.66. The van der Waals surface area contributed by atoms with Gasteiger partial charge in [0, 0.05) is 16.1 Å². The SMILES string of the molecule is CCCCCCCCNC1CCCOc2cc(Br)ccc21. The summed E-state index contributed by atoms with van der Waals surface area (Å²) in [5.74, 6) is 1.04. The molecule has 1 heterocycles. The van der Waals surface area contributed by atoms with Crippen molar-refractivity contribution in [3.8, 4) is 5.75 Å². The number of rotatable bonds is 8. The molecule has 1 atom stereocenters. The van der Waals surface area contributed by atoms with Gasteiger partial charge >= 0.3 is 0 Å². The van der Waals surface area contributed by atoms with E-state index in [0.717, 1.165) is 29.8 Å². The van der Waals surface area contributed by atoms with Crippen molar-refractivity contribution in [2.75, 3.05) is 13.2 Å². The van der Waals surface area contributed by atoms with Crippen molar-refractivity contribution < 1.29 is 4.74 Å². The molecule has 1 aromatic rings. The molecular formula is C18H28BrNO. The van der Waals surface area contributed by atoms with Crippen LogP contribution >= 0.6 is 15.9 Å². The van der Waals surface area contributed by atoms with Gasteiger partial charge in [0.15, 0.2) is 0 Å². The summed E-state index contributed by atoms with van der Waals surface area (Å²) in [4.78, 5) is 0. The third kappa shape index (κ3) is 5.63. The van der Waals surface area contributed by atoms with E-state index in [9.17, 15) is 0 Å². The number of nitrogens with one attached hydrogen (secondary N) is 1. The molecule has 1 N–H and O–H groups in total. The molecular weight excluding hydrogens is 326 g/mol.